The Hall–Kier alpha value is -2.56. The van der Waals surface area contributed by atoms with Gasteiger partial charge in [-0.3, -0.25) is 0 Å². The molecule has 0 heterocycles. The maximum atomic E-state index is 12.8. The lowest BCUT2D eigenvalue weighted by Crippen LogP contribution is -1.97. The number of phenols is 2. The predicted molar refractivity (Wildman–Crippen MR) is 62.1 cm³/mol. The lowest BCUT2D eigenvalue weighted by atomic mass is 10.0. The molecule has 0 saturated heterocycles. The molecule has 0 fully saturated rings. The number of phenolic OH excluding ortho intramolecular Hbond substituents is 1. The highest BCUT2D eigenvalue weighted by atomic mass is 19.1. The van der Waals surface area contributed by atoms with Crippen molar-refractivity contribution in [2.24, 2.45) is 0 Å². The molecule has 92 valence electrons. The molecule has 0 aromatic heterocycles. The Morgan fingerprint density at radius 3 is 2.17 bits per heavy atom. The maximum Gasteiger partial charge on any atom is 0.339 e. The van der Waals surface area contributed by atoms with Crippen molar-refractivity contribution in [1.82, 2.24) is 0 Å². The van der Waals surface area contributed by atoms with E-state index in [1.165, 1.54) is 36.4 Å². The Labute approximate surface area is 102 Å². The van der Waals surface area contributed by atoms with Gasteiger partial charge < -0.3 is 15.3 Å². The first-order valence-corrected chi connectivity index (χ1v) is 5.04. The van der Waals surface area contributed by atoms with Crippen LogP contribution in [0.4, 0.5) is 4.39 Å². The van der Waals surface area contributed by atoms with Crippen LogP contribution >= 0.6 is 0 Å². The largest absolute Gasteiger partial charge is 0.504 e. The third kappa shape index (κ3) is 2.10. The predicted octanol–water partition coefficient (Wildman–Crippen LogP) is 2.60. The molecule has 0 aliphatic carbocycles. The van der Waals surface area contributed by atoms with Gasteiger partial charge in [-0.2, -0.15) is 0 Å². The maximum absolute atomic E-state index is 12.8. The van der Waals surface area contributed by atoms with Crippen molar-refractivity contribution in [3.05, 3.63) is 47.8 Å². The van der Waals surface area contributed by atoms with Gasteiger partial charge in [0.1, 0.15) is 11.4 Å². The molecule has 2 rings (SSSR count). The molecular formula is C13H9FO4. The molecule has 0 unspecified atom stereocenters. The van der Waals surface area contributed by atoms with Crippen LogP contribution in [0.2, 0.25) is 0 Å². The minimum Gasteiger partial charge on any atom is -0.504 e. The van der Waals surface area contributed by atoms with Gasteiger partial charge in [-0.05, 0) is 35.4 Å². The topological polar surface area (TPSA) is 77.8 Å². The summed E-state index contributed by atoms with van der Waals surface area (Å²) in [4.78, 5) is 10.9. The zero-order valence-corrected chi connectivity index (χ0v) is 9.09. The Balaban J connectivity index is 2.59. The van der Waals surface area contributed by atoms with Crippen LogP contribution in [0.25, 0.3) is 11.1 Å². The summed E-state index contributed by atoms with van der Waals surface area (Å²) in [6.07, 6.45) is 0. The van der Waals surface area contributed by atoms with Gasteiger partial charge >= 0.3 is 5.97 Å². The molecule has 0 aliphatic rings. The average molecular weight is 248 g/mol. The van der Waals surface area contributed by atoms with E-state index in [4.69, 9.17) is 5.11 Å². The standard InChI is InChI=1S/C13H9FO4/c14-9-3-1-7(2-4-9)8-5-10(13(17)18)12(16)11(15)6-8/h1-6,15-16H,(H,17,18). The lowest BCUT2D eigenvalue weighted by Gasteiger charge is -2.07. The Morgan fingerprint density at radius 1 is 1.00 bits per heavy atom. The Bertz CT molecular complexity index is 605. The normalized spacial score (nSPS) is 10.3. The number of hydrogen-bond donors (Lipinski definition) is 3. The van der Waals surface area contributed by atoms with Crippen LogP contribution in [0, 0.1) is 5.82 Å². The van der Waals surface area contributed by atoms with Crippen LogP contribution in [0.1, 0.15) is 10.4 Å². The van der Waals surface area contributed by atoms with Crippen LogP contribution in [0.3, 0.4) is 0 Å². The number of aromatic carboxylic acids is 1. The average Bonchev–Trinajstić information content (AvgIpc) is 2.33. The van der Waals surface area contributed by atoms with Gasteiger partial charge in [-0.1, -0.05) is 12.1 Å². The van der Waals surface area contributed by atoms with E-state index >= 15 is 0 Å². The van der Waals surface area contributed by atoms with Gasteiger partial charge in [0.05, 0.1) is 0 Å². The van der Waals surface area contributed by atoms with Crippen molar-refractivity contribution < 1.29 is 24.5 Å². The monoisotopic (exact) mass is 248 g/mol. The number of rotatable bonds is 2. The molecule has 0 atom stereocenters. The molecule has 0 radical (unpaired) electrons. The first-order valence-electron chi connectivity index (χ1n) is 5.04. The number of carboxylic acid groups (broad SMARTS) is 1. The van der Waals surface area contributed by atoms with Crippen molar-refractivity contribution in [2.45, 2.75) is 0 Å². The van der Waals surface area contributed by atoms with Crippen LogP contribution in [-0.4, -0.2) is 21.3 Å². The van der Waals surface area contributed by atoms with Gasteiger partial charge in [0.25, 0.3) is 0 Å². The Kier molecular flexibility index (Phi) is 2.89. The van der Waals surface area contributed by atoms with E-state index in [9.17, 15) is 19.4 Å². The zero-order chi connectivity index (χ0) is 13.3. The number of aromatic hydroxyl groups is 2. The van der Waals surface area contributed by atoms with Crippen LogP contribution in [-0.2, 0) is 0 Å². The van der Waals surface area contributed by atoms with E-state index in [2.05, 4.69) is 0 Å². The number of benzene rings is 2. The van der Waals surface area contributed by atoms with E-state index in [1.54, 1.807) is 0 Å². The fraction of sp³-hybridized carbons (Fsp3) is 0. The molecule has 2 aromatic carbocycles. The minimum atomic E-state index is -1.35. The molecule has 0 saturated carbocycles. The lowest BCUT2D eigenvalue weighted by molar-refractivity contribution is 0.0693. The smallest absolute Gasteiger partial charge is 0.339 e. The molecule has 3 N–H and O–H groups in total. The zero-order valence-electron chi connectivity index (χ0n) is 9.09. The summed E-state index contributed by atoms with van der Waals surface area (Å²) < 4.78 is 12.8. The third-order valence-corrected chi connectivity index (χ3v) is 2.50. The number of carboxylic acids is 1. The fourth-order valence-corrected chi connectivity index (χ4v) is 1.59. The first-order chi connectivity index (χ1) is 8.49. The van der Waals surface area contributed by atoms with E-state index in [0.717, 1.165) is 0 Å². The SMILES string of the molecule is O=C(O)c1cc(-c2ccc(F)cc2)cc(O)c1O. The van der Waals surface area contributed by atoms with Gasteiger partial charge in [0.2, 0.25) is 0 Å². The van der Waals surface area contributed by atoms with Crippen LogP contribution in [0.15, 0.2) is 36.4 Å². The quantitative estimate of drug-likeness (QED) is 0.714. The summed E-state index contributed by atoms with van der Waals surface area (Å²) in [6.45, 7) is 0. The fourth-order valence-electron chi connectivity index (χ4n) is 1.59. The molecule has 5 heteroatoms. The molecule has 4 nitrogen and oxygen atoms in total. The minimum absolute atomic E-state index is 0.378. The molecule has 18 heavy (non-hydrogen) atoms. The highest BCUT2D eigenvalue weighted by Crippen LogP contribution is 2.34. The summed E-state index contributed by atoms with van der Waals surface area (Å²) in [5.74, 6) is -2.99. The summed E-state index contributed by atoms with van der Waals surface area (Å²) in [5.41, 5.74) is 0.506. The summed E-state index contributed by atoms with van der Waals surface area (Å²) in [5, 5.41) is 27.7. The van der Waals surface area contributed by atoms with E-state index < -0.39 is 28.8 Å². The Morgan fingerprint density at radius 2 is 1.61 bits per heavy atom. The number of hydrogen-bond acceptors (Lipinski definition) is 3. The van der Waals surface area contributed by atoms with Crippen molar-refractivity contribution in [1.29, 1.82) is 0 Å². The van der Waals surface area contributed by atoms with Crippen molar-refractivity contribution in [2.75, 3.05) is 0 Å². The van der Waals surface area contributed by atoms with E-state index in [-0.39, 0.29) is 0 Å². The summed E-state index contributed by atoms with van der Waals surface area (Å²) in [7, 11) is 0. The van der Waals surface area contributed by atoms with Gasteiger partial charge in [0.15, 0.2) is 11.5 Å². The molecule has 0 bridgehead atoms. The van der Waals surface area contributed by atoms with Gasteiger partial charge in [0, 0.05) is 0 Å². The van der Waals surface area contributed by atoms with Crippen molar-refractivity contribution in [3.8, 4) is 22.6 Å². The highest BCUT2D eigenvalue weighted by Gasteiger charge is 2.15. The van der Waals surface area contributed by atoms with Gasteiger partial charge in [-0.25, -0.2) is 9.18 Å². The summed E-state index contributed by atoms with van der Waals surface area (Å²) in [6, 6.07) is 7.78. The number of carbonyl (C=O) groups is 1. The third-order valence-electron chi connectivity index (χ3n) is 2.50. The molecular weight excluding hydrogens is 239 g/mol. The van der Waals surface area contributed by atoms with Crippen LogP contribution in [0.5, 0.6) is 11.5 Å². The van der Waals surface area contributed by atoms with E-state index in [1.807, 2.05) is 0 Å². The van der Waals surface area contributed by atoms with Crippen molar-refractivity contribution in [3.63, 3.8) is 0 Å². The number of halogens is 1. The molecule has 0 spiro atoms. The molecule has 2 aromatic rings. The second-order valence-electron chi connectivity index (χ2n) is 3.70. The second kappa shape index (κ2) is 4.37. The first kappa shape index (κ1) is 11.9. The highest BCUT2D eigenvalue weighted by molar-refractivity contribution is 5.93. The summed E-state index contributed by atoms with van der Waals surface area (Å²) >= 11 is 0. The van der Waals surface area contributed by atoms with E-state index in [0.29, 0.717) is 11.1 Å². The second-order valence-corrected chi connectivity index (χ2v) is 3.70. The van der Waals surface area contributed by atoms with Crippen molar-refractivity contribution >= 4 is 5.97 Å². The van der Waals surface area contributed by atoms with Crippen LogP contribution < -0.4 is 0 Å². The molecule has 0 amide bonds. The van der Waals surface area contributed by atoms with Gasteiger partial charge in [-0.15, -0.1) is 0 Å². The molecule has 0 aliphatic heterocycles.